The number of carbonyl (C=O) groups is 1. The van der Waals surface area contributed by atoms with Crippen molar-refractivity contribution in [1.29, 1.82) is 0 Å². The van der Waals surface area contributed by atoms with Crippen LogP contribution in [0.2, 0.25) is 0 Å². The van der Waals surface area contributed by atoms with E-state index < -0.39 is 0 Å². The maximum atomic E-state index is 11.8. The van der Waals surface area contributed by atoms with Gasteiger partial charge in [0.05, 0.1) is 16.2 Å². The number of halogens is 1. The van der Waals surface area contributed by atoms with E-state index in [0.717, 1.165) is 27.9 Å². The normalized spacial score (nSPS) is 24.6. The van der Waals surface area contributed by atoms with E-state index in [1.807, 2.05) is 12.1 Å². The van der Waals surface area contributed by atoms with Crippen LogP contribution < -0.4 is 11.1 Å². The second kappa shape index (κ2) is 5.29. The molecule has 0 bridgehead atoms. The largest absolute Gasteiger partial charge is 0.351 e. The van der Waals surface area contributed by atoms with Gasteiger partial charge >= 0.3 is 0 Å². The van der Waals surface area contributed by atoms with Crippen LogP contribution in [-0.2, 0) is 11.3 Å². The van der Waals surface area contributed by atoms with Gasteiger partial charge in [-0.1, -0.05) is 6.42 Å². The lowest BCUT2D eigenvalue weighted by Gasteiger charge is -2.14. The first-order chi connectivity index (χ1) is 7.66. The molecule has 16 heavy (non-hydrogen) atoms. The van der Waals surface area contributed by atoms with Crippen LogP contribution >= 0.6 is 27.3 Å². The Morgan fingerprint density at radius 3 is 2.94 bits per heavy atom. The smallest absolute Gasteiger partial charge is 0.224 e. The molecule has 1 aliphatic rings. The molecular weight excluding hydrogens is 288 g/mol. The summed E-state index contributed by atoms with van der Waals surface area (Å²) in [5.74, 6) is 0.123. The van der Waals surface area contributed by atoms with Gasteiger partial charge in [-0.05, 0) is 40.9 Å². The molecule has 1 aromatic rings. The SMILES string of the molecule is NC1CCCC1C(=O)NCc1ccc(Br)s1. The highest BCUT2D eigenvalue weighted by atomic mass is 79.9. The molecule has 0 radical (unpaired) electrons. The van der Waals surface area contributed by atoms with E-state index in [1.54, 1.807) is 11.3 Å². The molecule has 1 aliphatic carbocycles. The Morgan fingerprint density at radius 1 is 1.56 bits per heavy atom. The van der Waals surface area contributed by atoms with E-state index >= 15 is 0 Å². The lowest BCUT2D eigenvalue weighted by molar-refractivity contribution is -0.125. The molecule has 2 unspecified atom stereocenters. The van der Waals surface area contributed by atoms with Crippen molar-refractivity contribution < 1.29 is 4.79 Å². The van der Waals surface area contributed by atoms with E-state index in [1.165, 1.54) is 0 Å². The molecule has 0 aromatic carbocycles. The zero-order valence-corrected chi connectivity index (χ0v) is 11.3. The predicted octanol–water partition coefficient (Wildman–Crippen LogP) is 2.25. The standard InChI is InChI=1S/C11H15BrN2OS/c12-10-5-4-7(16-10)6-14-11(15)8-2-1-3-9(8)13/h4-5,8-9H,1-3,6,13H2,(H,14,15). The fourth-order valence-electron chi connectivity index (χ4n) is 2.07. The first-order valence-corrected chi connectivity index (χ1v) is 7.05. The minimum absolute atomic E-state index is 0.0170. The van der Waals surface area contributed by atoms with Crippen molar-refractivity contribution in [1.82, 2.24) is 5.32 Å². The third-order valence-corrected chi connectivity index (χ3v) is 4.60. The highest BCUT2D eigenvalue weighted by Crippen LogP contribution is 2.25. The zero-order valence-electron chi connectivity index (χ0n) is 8.91. The Balaban J connectivity index is 1.83. The summed E-state index contributed by atoms with van der Waals surface area (Å²) >= 11 is 5.04. The van der Waals surface area contributed by atoms with E-state index in [-0.39, 0.29) is 17.9 Å². The van der Waals surface area contributed by atoms with Gasteiger partial charge in [-0.2, -0.15) is 0 Å². The maximum Gasteiger partial charge on any atom is 0.224 e. The average molecular weight is 303 g/mol. The van der Waals surface area contributed by atoms with Crippen LogP contribution in [0.25, 0.3) is 0 Å². The number of rotatable bonds is 3. The molecule has 0 spiro atoms. The van der Waals surface area contributed by atoms with Gasteiger partial charge in [0.1, 0.15) is 0 Å². The van der Waals surface area contributed by atoms with Crippen LogP contribution in [0, 0.1) is 5.92 Å². The number of hydrogen-bond acceptors (Lipinski definition) is 3. The monoisotopic (exact) mass is 302 g/mol. The summed E-state index contributed by atoms with van der Waals surface area (Å²) in [7, 11) is 0. The predicted molar refractivity (Wildman–Crippen MR) is 69.2 cm³/mol. The number of amides is 1. The molecule has 2 rings (SSSR count). The summed E-state index contributed by atoms with van der Waals surface area (Å²) < 4.78 is 1.09. The molecule has 3 N–H and O–H groups in total. The fourth-order valence-corrected chi connectivity index (χ4v) is 3.49. The van der Waals surface area contributed by atoms with E-state index in [0.29, 0.717) is 6.54 Å². The number of carbonyl (C=O) groups excluding carboxylic acids is 1. The molecule has 3 nitrogen and oxygen atoms in total. The third kappa shape index (κ3) is 2.84. The Bertz CT molecular complexity index is 380. The number of nitrogens with one attached hydrogen (secondary N) is 1. The van der Waals surface area contributed by atoms with Crippen LogP contribution in [-0.4, -0.2) is 11.9 Å². The Labute approximate surface area is 108 Å². The Hall–Kier alpha value is -0.390. The molecule has 0 aliphatic heterocycles. The molecule has 1 saturated carbocycles. The van der Waals surface area contributed by atoms with Gasteiger partial charge in [0.2, 0.25) is 5.91 Å². The summed E-state index contributed by atoms with van der Waals surface area (Å²) in [6.45, 7) is 0.609. The Kier molecular flexibility index (Phi) is 4.00. The van der Waals surface area contributed by atoms with Gasteiger partial charge in [0, 0.05) is 10.9 Å². The number of thiophene rings is 1. The van der Waals surface area contributed by atoms with Crippen molar-refractivity contribution >= 4 is 33.2 Å². The first-order valence-electron chi connectivity index (χ1n) is 5.44. The second-order valence-electron chi connectivity index (χ2n) is 4.12. The van der Waals surface area contributed by atoms with Gasteiger partial charge in [-0.3, -0.25) is 4.79 Å². The summed E-state index contributed by atoms with van der Waals surface area (Å²) in [6, 6.07) is 4.06. The molecule has 0 saturated heterocycles. The van der Waals surface area contributed by atoms with E-state index in [9.17, 15) is 4.79 Å². The minimum Gasteiger partial charge on any atom is -0.351 e. The van der Waals surface area contributed by atoms with Gasteiger partial charge in [0.15, 0.2) is 0 Å². The van der Waals surface area contributed by atoms with Crippen LogP contribution in [0.1, 0.15) is 24.1 Å². The topological polar surface area (TPSA) is 55.1 Å². The lowest BCUT2D eigenvalue weighted by atomic mass is 10.0. The average Bonchev–Trinajstić information content (AvgIpc) is 2.84. The summed E-state index contributed by atoms with van der Waals surface area (Å²) in [6.07, 6.45) is 2.98. The van der Waals surface area contributed by atoms with E-state index in [2.05, 4.69) is 21.2 Å². The highest BCUT2D eigenvalue weighted by Gasteiger charge is 2.29. The quantitative estimate of drug-likeness (QED) is 0.900. The van der Waals surface area contributed by atoms with Crippen molar-refractivity contribution in [3.05, 3.63) is 20.8 Å². The van der Waals surface area contributed by atoms with Crippen molar-refractivity contribution in [2.75, 3.05) is 0 Å². The lowest BCUT2D eigenvalue weighted by Crippen LogP contribution is -2.38. The third-order valence-electron chi connectivity index (χ3n) is 2.97. The van der Waals surface area contributed by atoms with E-state index in [4.69, 9.17) is 5.73 Å². The van der Waals surface area contributed by atoms with Crippen LogP contribution in [0.15, 0.2) is 15.9 Å². The van der Waals surface area contributed by atoms with Gasteiger partial charge in [0.25, 0.3) is 0 Å². The first kappa shape index (κ1) is 12.1. The number of hydrogen-bond donors (Lipinski definition) is 2. The molecule has 2 atom stereocenters. The van der Waals surface area contributed by atoms with Crippen LogP contribution in [0.5, 0.6) is 0 Å². The highest BCUT2D eigenvalue weighted by molar-refractivity contribution is 9.11. The van der Waals surface area contributed by atoms with Crippen molar-refractivity contribution in [2.45, 2.75) is 31.8 Å². The van der Waals surface area contributed by atoms with Gasteiger partial charge in [-0.15, -0.1) is 11.3 Å². The Morgan fingerprint density at radius 2 is 2.38 bits per heavy atom. The zero-order chi connectivity index (χ0) is 11.5. The summed E-state index contributed by atoms with van der Waals surface area (Å²) in [5, 5.41) is 2.96. The molecule has 5 heteroatoms. The van der Waals surface area contributed by atoms with Gasteiger partial charge < -0.3 is 11.1 Å². The molecule has 1 amide bonds. The molecule has 88 valence electrons. The maximum absolute atomic E-state index is 11.8. The molecular formula is C11H15BrN2OS. The van der Waals surface area contributed by atoms with Crippen LogP contribution in [0.3, 0.4) is 0 Å². The van der Waals surface area contributed by atoms with Crippen molar-refractivity contribution in [3.63, 3.8) is 0 Å². The summed E-state index contributed by atoms with van der Waals surface area (Å²) in [5.41, 5.74) is 5.89. The molecule has 1 heterocycles. The van der Waals surface area contributed by atoms with Gasteiger partial charge in [-0.25, -0.2) is 0 Å². The second-order valence-corrected chi connectivity index (χ2v) is 6.67. The number of nitrogens with two attached hydrogens (primary N) is 1. The van der Waals surface area contributed by atoms with Crippen LogP contribution in [0.4, 0.5) is 0 Å². The van der Waals surface area contributed by atoms with Crippen molar-refractivity contribution in [3.8, 4) is 0 Å². The minimum atomic E-state index is 0.0170. The van der Waals surface area contributed by atoms with Crippen molar-refractivity contribution in [2.24, 2.45) is 11.7 Å². The fraction of sp³-hybridized carbons (Fsp3) is 0.545. The summed E-state index contributed by atoms with van der Waals surface area (Å²) in [4.78, 5) is 13.0. The molecule has 1 fully saturated rings. The molecule has 1 aromatic heterocycles.